The van der Waals surface area contributed by atoms with Crippen LogP contribution in [0.3, 0.4) is 0 Å². The Morgan fingerprint density at radius 2 is 1.89 bits per heavy atom. The molecule has 1 aromatic heterocycles. The number of unbranched alkanes of at least 4 members (excludes halogenated alkanes) is 1. The molecular weight excluding hydrogens is 336 g/mol. The molecule has 0 amide bonds. The highest BCUT2D eigenvalue weighted by molar-refractivity contribution is 5.65. The molecule has 27 heavy (non-hydrogen) atoms. The van der Waals surface area contributed by atoms with Crippen LogP contribution in [0.1, 0.15) is 38.2 Å². The molecule has 0 radical (unpaired) electrons. The van der Waals surface area contributed by atoms with Crippen molar-refractivity contribution in [2.75, 3.05) is 45.3 Å². The van der Waals surface area contributed by atoms with Crippen LogP contribution in [0.15, 0.2) is 30.5 Å². The van der Waals surface area contributed by atoms with E-state index in [1.165, 1.54) is 42.5 Å². The highest BCUT2D eigenvalue weighted by atomic mass is 16.5. The third-order valence-corrected chi connectivity index (χ3v) is 5.52. The van der Waals surface area contributed by atoms with Crippen molar-refractivity contribution in [2.45, 2.75) is 39.2 Å². The van der Waals surface area contributed by atoms with Gasteiger partial charge in [0.15, 0.2) is 0 Å². The van der Waals surface area contributed by atoms with Crippen molar-refractivity contribution >= 4 is 5.69 Å². The summed E-state index contributed by atoms with van der Waals surface area (Å²) < 4.78 is 5.47. The number of aromatic amines is 1. The summed E-state index contributed by atoms with van der Waals surface area (Å²) in [5, 5.41) is 7.49. The Morgan fingerprint density at radius 1 is 1.15 bits per heavy atom. The lowest BCUT2D eigenvalue weighted by atomic mass is 9.99. The number of nitrogens with one attached hydrogen (secondary N) is 1. The van der Waals surface area contributed by atoms with Crippen LogP contribution in [0.2, 0.25) is 0 Å². The summed E-state index contributed by atoms with van der Waals surface area (Å²) in [6, 6.07) is 8.86. The summed E-state index contributed by atoms with van der Waals surface area (Å²) in [6.07, 6.45) is 6.77. The van der Waals surface area contributed by atoms with E-state index >= 15 is 0 Å². The lowest BCUT2D eigenvalue weighted by Gasteiger charge is -2.28. The second-order valence-corrected chi connectivity index (χ2v) is 7.84. The van der Waals surface area contributed by atoms with Crippen LogP contribution in [0, 0.1) is 5.92 Å². The molecule has 3 rings (SSSR count). The van der Waals surface area contributed by atoms with E-state index in [2.05, 4.69) is 65.3 Å². The van der Waals surface area contributed by atoms with E-state index in [4.69, 9.17) is 4.74 Å². The minimum Gasteiger partial charge on any atom is -0.381 e. The van der Waals surface area contributed by atoms with Gasteiger partial charge in [0.25, 0.3) is 0 Å². The average Bonchev–Trinajstić information content (AvgIpc) is 3.15. The van der Waals surface area contributed by atoms with E-state index in [-0.39, 0.29) is 0 Å². The molecule has 0 unspecified atom stereocenters. The molecule has 0 aliphatic carbocycles. The predicted molar refractivity (Wildman–Crippen MR) is 112 cm³/mol. The number of hydrogen-bond acceptors (Lipinski definition) is 4. The van der Waals surface area contributed by atoms with E-state index in [1.54, 1.807) is 0 Å². The van der Waals surface area contributed by atoms with Gasteiger partial charge in [-0.25, -0.2) is 0 Å². The Bertz CT molecular complexity index is 676. The first-order valence-electron chi connectivity index (χ1n) is 10.3. The zero-order valence-corrected chi connectivity index (χ0v) is 17.1. The van der Waals surface area contributed by atoms with Gasteiger partial charge in [-0.05, 0) is 50.9 Å². The Hall–Kier alpha value is -1.85. The van der Waals surface area contributed by atoms with Crippen LogP contribution in [0.5, 0.6) is 0 Å². The molecule has 5 nitrogen and oxygen atoms in total. The van der Waals surface area contributed by atoms with E-state index in [0.717, 1.165) is 44.5 Å². The summed E-state index contributed by atoms with van der Waals surface area (Å²) in [5.41, 5.74) is 4.87. The summed E-state index contributed by atoms with van der Waals surface area (Å²) in [6.45, 7) is 7.20. The van der Waals surface area contributed by atoms with Crippen molar-refractivity contribution in [3.05, 3.63) is 36.0 Å². The summed E-state index contributed by atoms with van der Waals surface area (Å²) in [7, 11) is 4.37. The lowest BCUT2D eigenvalue weighted by molar-refractivity contribution is 0.0685. The predicted octanol–water partition coefficient (Wildman–Crippen LogP) is 4.17. The second kappa shape index (κ2) is 9.90. The highest BCUT2D eigenvalue weighted by Gasteiger charge is 2.16. The number of H-pyrrole nitrogens is 1. The van der Waals surface area contributed by atoms with Gasteiger partial charge in [0.2, 0.25) is 0 Å². The first-order valence-corrected chi connectivity index (χ1v) is 10.3. The number of hydrogen-bond donors (Lipinski definition) is 1. The van der Waals surface area contributed by atoms with Crippen LogP contribution >= 0.6 is 0 Å². The number of anilines is 1. The first kappa shape index (κ1) is 19.9. The SMILES string of the molecule is CCCCN(C)Cc1cn[nH]c1-c1ccc(N(C)CC2CCOCC2)cc1. The molecule has 5 heteroatoms. The van der Waals surface area contributed by atoms with Crippen LogP contribution < -0.4 is 4.90 Å². The van der Waals surface area contributed by atoms with E-state index in [1.807, 2.05) is 6.20 Å². The van der Waals surface area contributed by atoms with Gasteiger partial charge >= 0.3 is 0 Å². The summed E-state index contributed by atoms with van der Waals surface area (Å²) in [5.74, 6) is 0.737. The Labute approximate surface area is 163 Å². The van der Waals surface area contributed by atoms with Gasteiger partial charge in [-0.3, -0.25) is 5.10 Å². The van der Waals surface area contributed by atoms with Crippen molar-refractivity contribution < 1.29 is 4.74 Å². The Morgan fingerprint density at radius 3 is 2.59 bits per heavy atom. The molecule has 1 saturated heterocycles. The molecule has 0 spiro atoms. The summed E-state index contributed by atoms with van der Waals surface area (Å²) in [4.78, 5) is 4.74. The number of ether oxygens (including phenoxy) is 1. The van der Waals surface area contributed by atoms with Crippen LogP contribution in [0.4, 0.5) is 5.69 Å². The molecule has 1 fully saturated rings. The fourth-order valence-electron chi connectivity index (χ4n) is 3.78. The van der Waals surface area contributed by atoms with E-state index < -0.39 is 0 Å². The van der Waals surface area contributed by atoms with Gasteiger partial charge in [0.05, 0.1) is 11.9 Å². The molecule has 2 aromatic rings. The molecule has 1 aliphatic heterocycles. The van der Waals surface area contributed by atoms with Crippen LogP contribution in [-0.2, 0) is 11.3 Å². The lowest BCUT2D eigenvalue weighted by Crippen LogP contribution is -2.29. The van der Waals surface area contributed by atoms with Crippen LogP contribution in [-0.4, -0.2) is 55.5 Å². The van der Waals surface area contributed by atoms with E-state index in [0.29, 0.717) is 0 Å². The fraction of sp³-hybridized carbons (Fsp3) is 0.591. The van der Waals surface area contributed by atoms with Crippen molar-refractivity contribution in [3.8, 4) is 11.3 Å². The molecule has 1 aliphatic rings. The maximum atomic E-state index is 5.47. The van der Waals surface area contributed by atoms with Crippen molar-refractivity contribution in [2.24, 2.45) is 5.92 Å². The molecule has 1 N–H and O–H groups in total. The van der Waals surface area contributed by atoms with Gasteiger partial charge in [0, 0.05) is 50.2 Å². The number of aromatic nitrogens is 2. The van der Waals surface area contributed by atoms with Gasteiger partial charge in [-0.2, -0.15) is 5.10 Å². The molecule has 1 aromatic carbocycles. The molecular formula is C22H34N4O. The number of benzene rings is 1. The number of nitrogens with zero attached hydrogens (tertiary/aromatic N) is 3. The van der Waals surface area contributed by atoms with Crippen molar-refractivity contribution in [1.29, 1.82) is 0 Å². The highest BCUT2D eigenvalue weighted by Crippen LogP contribution is 2.26. The minimum atomic E-state index is 0.737. The third-order valence-electron chi connectivity index (χ3n) is 5.52. The normalized spacial score (nSPS) is 15.4. The van der Waals surface area contributed by atoms with Crippen molar-refractivity contribution in [1.82, 2.24) is 15.1 Å². The quantitative estimate of drug-likeness (QED) is 0.719. The number of rotatable bonds is 9. The Balaban J connectivity index is 1.62. The molecule has 0 bridgehead atoms. The zero-order valence-electron chi connectivity index (χ0n) is 17.1. The topological polar surface area (TPSA) is 44.4 Å². The van der Waals surface area contributed by atoms with Gasteiger partial charge in [-0.15, -0.1) is 0 Å². The molecule has 148 valence electrons. The fourth-order valence-corrected chi connectivity index (χ4v) is 3.78. The maximum Gasteiger partial charge on any atom is 0.0695 e. The third kappa shape index (κ3) is 5.56. The summed E-state index contributed by atoms with van der Waals surface area (Å²) >= 11 is 0. The Kier molecular flexibility index (Phi) is 7.30. The molecule has 0 atom stereocenters. The average molecular weight is 371 g/mol. The molecule has 2 heterocycles. The first-order chi connectivity index (χ1) is 13.2. The smallest absolute Gasteiger partial charge is 0.0695 e. The van der Waals surface area contributed by atoms with Crippen molar-refractivity contribution in [3.63, 3.8) is 0 Å². The standard InChI is InChI=1S/C22H34N4O/c1-4-5-12-25(2)17-20-15-23-24-22(20)19-6-8-21(9-7-19)26(3)16-18-10-13-27-14-11-18/h6-9,15,18H,4-5,10-14,16-17H2,1-3H3,(H,23,24). The monoisotopic (exact) mass is 370 g/mol. The largest absolute Gasteiger partial charge is 0.381 e. The van der Waals surface area contributed by atoms with Gasteiger partial charge in [0.1, 0.15) is 0 Å². The maximum absolute atomic E-state index is 5.47. The van der Waals surface area contributed by atoms with Gasteiger partial charge in [-0.1, -0.05) is 25.5 Å². The zero-order chi connectivity index (χ0) is 19.1. The van der Waals surface area contributed by atoms with E-state index in [9.17, 15) is 0 Å². The van der Waals surface area contributed by atoms with Crippen LogP contribution in [0.25, 0.3) is 11.3 Å². The van der Waals surface area contributed by atoms with Gasteiger partial charge < -0.3 is 14.5 Å². The minimum absolute atomic E-state index is 0.737. The second-order valence-electron chi connectivity index (χ2n) is 7.84. The molecule has 0 saturated carbocycles.